The molecule has 0 saturated carbocycles. The van der Waals surface area contributed by atoms with E-state index in [-0.39, 0.29) is 12.3 Å². The molecule has 0 atom stereocenters. The van der Waals surface area contributed by atoms with Gasteiger partial charge in [-0.1, -0.05) is 54.6 Å². The zero-order valence-electron chi connectivity index (χ0n) is 10.9. The Balaban J connectivity index is 2.24. The molecule has 20 heavy (non-hydrogen) atoms. The average Bonchev–Trinajstić information content (AvgIpc) is 2.64. The number of hydrogen-bond donors (Lipinski definition) is 2. The summed E-state index contributed by atoms with van der Waals surface area (Å²) in [4.78, 5) is 4.52. The summed E-state index contributed by atoms with van der Waals surface area (Å²) in [6.07, 6.45) is 1.19. The number of nitrogens with zero attached hydrogens (tertiary/aromatic N) is 1. The van der Waals surface area contributed by atoms with E-state index >= 15 is 0 Å². The van der Waals surface area contributed by atoms with Crippen LogP contribution in [0.15, 0.2) is 65.3 Å². The molecular weight excluding hydrogens is 248 g/mol. The van der Waals surface area contributed by atoms with E-state index in [2.05, 4.69) is 4.99 Å². The quantitative estimate of drug-likeness (QED) is 0.800. The van der Waals surface area contributed by atoms with E-state index in [4.69, 9.17) is 5.41 Å². The fourth-order valence-electron chi connectivity index (χ4n) is 2.41. The summed E-state index contributed by atoms with van der Waals surface area (Å²) >= 11 is 0. The van der Waals surface area contributed by atoms with Crippen molar-refractivity contribution in [3.8, 4) is 0 Å². The molecule has 0 amide bonds. The molecule has 98 valence electrons. The minimum absolute atomic E-state index is 0.137. The molecule has 1 aliphatic rings. The van der Waals surface area contributed by atoms with Gasteiger partial charge in [0.2, 0.25) is 0 Å². The van der Waals surface area contributed by atoms with E-state index in [0.717, 1.165) is 22.4 Å². The largest absolute Gasteiger partial charge is 0.510 e. The van der Waals surface area contributed by atoms with Crippen LogP contribution in [0.25, 0.3) is 5.57 Å². The molecule has 3 nitrogen and oxygen atoms in total. The SMILES string of the molecule is N=CC1=C(O)CN=C(c2ccccc2)c2ccccc21. The number of aliphatic imine (C=N–C) groups is 1. The summed E-state index contributed by atoms with van der Waals surface area (Å²) < 4.78 is 0. The van der Waals surface area contributed by atoms with E-state index in [1.165, 1.54) is 6.21 Å². The maximum absolute atomic E-state index is 10.1. The average molecular weight is 262 g/mol. The second-order valence-electron chi connectivity index (χ2n) is 4.58. The number of fused-ring (bicyclic) bond motifs is 1. The molecule has 1 heterocycles. The summed E-state index contributed by atoms with van der Waals surface area (Å²) in [5.74, 6) is 0.137. The van der Waals surface area contributed by atoms with Gasteiger partial charge in [0.15, 0.2) is 0 Å². The van der Waals surface area contributed by atoms with Crippen LogP contribution < -0.4 is 0 Å². The van der Waals surface area contributed by atoms with Crippen LogP contribution in [0, 0.1) is 5.41 Å². The van der Waals surface area contributed by atoms with Crippen LogP contribution >= 0.6 is 0 Å². The van der Waals surface area contributed by atoms with Gasteiger partial charge in [-0.2, -0.15) is 0 Å². The smallest absolute Gasteiger partial charge is 0.123 e. The Morgan fingerprint density at radius 3 is 2.30 bits per heavy atom. The minimum atomic E-state index is 0.137. The number of benzene rings is 2. The summed E-state index contributed by atoms with van der Waals surface area (Å²) in [6, 6.07) is 17.6. The molecule has 0 saturated heterocycles. The first-order chi connectivity index (χ1) is 9.81. The third-order valence-corrected chi connectivity index (χ3v) is 3.36. The van der Waals surface area contributed by atoms with Gasteiger partial charge in [0.25, 0.3) is 0 Å². The van der Waals surface area contributed by atoms with Gasteiger partial charge in [0, 0.05) is 22.9 Å². The van der Waals surface area contributed by atoms with Crippen LogP contribution in [0.1, 0.15) is 16.7 Å². The van der Waals surface area contributed by atoms with Crippen LogP contribution in [0.3, 0.4) is 0 Å². The molecule has 0 fully saturated rings. The predicted octanol–water partition coefficient (Wildman–Crippen LogP) is 3.46. The molecule has 0 spiro atoms. The molecular formula is C17H14N2O. The first-order valence-electron chi connectivity index (χ1n) is 6.43. The third-order valence-electron chi connectivity index (χ3n) is 3.36. The number of hydrogen-bond acceptors (Lipinski definition) is 3. The molecule has 0 radical (unpaired) electrons. The summed E-state index contributed by atoms with van der Waals surface area (Å²) in [5, 5.41) is 17.6. The van der Waals surface area contributed by atoms with Crippen molar-refractivity contribution >= 4 is 17.5 Å². The van der Waals surface area contributed by atoms with Gasteiger partial charge in [0.05, 0.1) is 12.3 Å². The Hall–Kier alpha value is -2.68. The van der Waals surface area contributed by atoms with Gasteiger partial charge in [0.1, 0.15) is 5.76 Å². The molecule has 1 aliphatic heterocycles. The molecule has 2 aromatic rings. The standard InChI is InChI=1S/C17H14N2O/c18-10-15-13-8-4-5-9-14(13)17(19-11-16(15)20)12-6-2-1-3-7-12/h1-10,18,20H,11H2. The topological polar surface area (TPSA) is 56.4 Å². The van der Waals surface area contributed by atoms with Crippen LogP contribution in [-0.2, 0) is 0 Å². The van der Waals surface area contributed by atoms with Crippen LogP contribution in [0.4, 0.5) is 0 Å². The lowest BCUT2D eigenvalue weighted by molar-refractivity contribution is 0.408. The van der Waals surface area contributed by atoms with Gasteiger partial charge in [-0.3, -0.25) is 4.99 Å². The van der Waals surface area contributed by atoms with Gasteiger partial charge >= 0.3 is 0 Å². The zero-order valence-corrected chi connectivity index (χ0v) is 10.9. The van der Waals surface area contributed by atoms with Gasteiger partial charge in [-0.25, -0.2) is 0 Å². The molecule has 3 heteroatoms. The lowest BCUT2D eigenvalue weighted by Crippen LogP contribution is -2.05. The molecule has 0 unspecified atom stereocenters. The van der Waals surface area contributed by atoms with E-state index in [1.807, 2.05) is 54.6 Å². The highest BCUT2D eigenvalue weighted by Crippen LogP contribution is 2.26. The van der Waals surface area contributed by atoms with Crippen molar-refractivity contribution in [3.63, 3.8) is 0 Å². The maximum atomic E-state index is 10.1. The van der Waals surface area contributed by atoms with Crippen molar-refractivity contribution in [1.29, 1.82) is 5.41 Å². The number of aliphatic hydroxyl groups is 1. The monoisotopic (exact) mass is 262 g/mol. The van der Waals surface area contributed by atoms with Crippen molar-refractivity contribution in [1.82, 2.24) is 0 Å². The van der Waals surface area contributed by atoms with Crippen molar-refractivity contribution < 1.29 is 5.11 Å². The molecule has 2 N–H and O–H groups in total. The highest BCUT2D eigenvalue weighted by Gasteiger charge is 2.18. The lowest BCUT2D eigenvalue weighted by Gasteiger charge is -2.10. The van der Waals surface area contributed by atoms with Crippen molar-refractivity contribution in [2.24, 2.45) is 4.99 Å². The van der Waals surface area contributed by atoms with Crippen LogP contribution in [0.5, 0.6) is 0 Å². The first-order valence-corrected chi connectivity index (χ1v) is 6.43. The molecule has 0 aliphatic carbocycles. The zero-order chi connectivity index (χ0) is 13.9. The predicted molar refractivity (Wildman–Crippen MR) is 81.7 cm³/mol. The molecule has 3 rings (SSSR count). The normalized spacial score (nSPS) is 14.3. The Kier molecular flexibility index (Phi) is 3.17. The Labute approximate surface area is 117 Å². The Bertz CT molecular complexity index is 715. The fourth-order valence-corrected chi connectivity index (χ4v) is 2.41. The van der Waals surface area contributed by atoms with Crippen molar-refractivity contribution in [2.75, 3.05) is 6.54 Å². The van der Waals surface area contributed by atoms with Gasteiger partial charge in [-0.05, 0) is 5.56 Å². The number of allylic oxidation sites excluding steroid dienone is 1. The first kappa shape index (κ1) is 12.4. The van der Waals surface area contributed by atoms with Crippen molar-refractivity contribution in [2.45, 2.75) is 0 Å². The Morgan fingerprint density at radius 1 is 0.950 bits per heavy atom. The Morgan fingerprint density at radius 2 is 1.60 bits per heavy atom. The number of aliphatic hydroxyl groups excluding tert-OH is 1. The molecule has 0 aromatic heterocycles. The minimum Gasteiger partial charge on any atom is -0.510 e. The van der Waals surface area contributed by atoms with E-state index in [9.17, 15) is 5.11 Å². The number of nitrogens with one attached hydrogen (secondary N) is 1. The van der Waals surface area contributed by atoms with E-state index in [0.29, 0.717) is 5.57 Å². The maximum Gasteiger partial charge on any atom is 0.123 e. The summed E-state index contributed by atoms with van der Waals surface area (Å²) in [7, 11) is 0. The van der Waals surface area contributed by atoms with Crippen LogP contribution in [0.2, 0.25) is 0 Å². The van der Waals surface area contributed by atoms with E-state index in [1.54, 1.807) is 0 Å². The second kappa shape index (κ2) is 5.13. The third kappa shape index (κ3) is 2.03. The lowest BCUT2D eigenvalue weighted by atomic mass is 9.94. The molecule has 0 bridgehead atoms. The van der Waals surface area contributed by atoms with Gasteiger partial charge < -0.3 is 10.5 Å². The summed E-state index contributed by atoms with van der Waals surface area (Å²) in [6.45, 7) is 0.198. The van der Waals surface area contributed by atoms with E-state index < -0.39 is 0 Å². The molecule has 2 aromatic carbocycles. The van der Waals surface area contributed by atoms with Crippen LogP contribution in [-0.4, -0.2) is 23.6 Å². The summed E-state index contributed by atoms with van der Waals surface area (Å²) in [5.41, 5.74) is 4.19. The highest BCUT2D eigenvalue weighted by atomic mass is 16.3. The second-order valence-corrected chi connectivity index (χ2v) is 4.58. The van der Waals surface area contributed by atoms with Crippen molar-refractivity contribution in [3.05, 3.63) is 77.0 Å². The number of rotatable bonds is 2. The van der Waals surface area contributed by atoms with Gasteiger partial charge in [-0.15, -0.1) is 0 Å². The fraction of sp³-hybridized carbons (Fsp3) is 0.0588. The highest BCUT2D eigenvalue weighted by molar-refractivity contribution is 6.20.